The first-order chi connectivity index (χ1) is 9.36. The predicted octanol–water partition coefficient (Wildman–Crippen LogP) is 1.88. The molecule has 4 heteroatoms. The van der Waals surface area contributed by atoms with E-state index in [0.29, 0.717) is 18.8 Å². The number of pyridine rings is 1. The van der Waals surface area contributed by atoms with Crippen molar-refractivity contribution in [2.75, 3.05) is 13.1 Å². The average molecular weight is 253 g/mol. The number of nitrogens with one attached hydrogen (secondary N) is 2. The lowest BCUT2D eigenvalue weighted by atomic mass is 9.99. The van der Waals surface area contributed by atoms with Crippen molar-refractivity contribution in [3.63, 3.8) is 0 Å². The number of dihydropyridines is 1. The third-order valence-electron chi connectivity index (χ3n) is 3.18. The molecule has 0 unspecified atom stereocenters. The van der Waals surface area contributed by atoms with Crippen molar-refractivity contribution in [1.29, 1.82) is 0 Å². The number of aliphatic hydroxyl groups is 1. The van der Waals surface area contributed by atoms with Crippen LogP contribution in [0.5, 0.6) is 0 Å². The van der Waals surface area contributed by atoms with E-state index in [2.05, 4.69) is 15.6 Å². The molecule has 2 aliphatic rings. The smallest absolute Gasteiger partial charge is 0.128 e. The molecule has 0 bridgehead atoms. The van der Waals surface area contributed by atoms with Crippen LogP contribution in [0, 0.1) is 0 Å². The summed E-state index contributed by atoms with van der Waals surface area (Å²) in [5, 5.41) is 16.9. The van der Waals surface area contributed by atoms with Gasteiger partial charge in [-0.25, -0.2) is 0 Å². The van der Waals surface area contributed by atoms with Gasteiger partial charge in [-0.15, -0.1) is 0 Å². The van der Waals surface area contributed by atoms with Crippen LogP contribution in [0.4, 0.5) is 0 Å². The van der Waals surface area contributed by atoms with Crippen molar-refractivity contribution in [3.8, 4) is 0 Å². The minimum absolute atomic E-state index is 0.319. The molecule has 0 atom stereocenters. The maximum atomic E-state index is 10.5. The fourth-order valence-corrected chi connectivity index (χ4v) is 2.22. The molecular weight excluding hydrogens is 238 g/mol. The molecule has 2 aliphatic heterocycles. The Bertz CT molecular complexity index is 597. The molecule has 0 amide bonds. The van der Waals surface area contributed by atoms with Crippen molar-refractivity contribution in [2.24, 2.45) is 0 Å². The average Bonchev–Trinajstić information content (AvgIpc) is 2.49. The largest absolute Gasteiger partial charge is 0.507 e. The first-order valence-corrected chi connectivity index (χ1v) is 6.24. The number of aliphatic hydroxyl groups excluding tert-OH is 1. The number of nitrogens with zero attached hydrogens (tertiary/aromatic N) is 1. The third-order valence-corrected chi connectivity index (χ3v) is 3.18. The van der Waals surface area contributed by atoms with Crippen molar-refractivity contribution in [2.45, 2.75) is 0 Å². The zero-order chi connectivity index (χ0) is 13.1. The molecule has 3 rings (SSSR count). The molecule has 3 N–H and O–H groups in total. The van der Waals surface area contributed by atoms with E-state index in [0.717, 1.165) is 22.5 Å². The standard InChI is InChI=1S/C15H15N3O/c19-15-11(13-5-1-3-7-17-13)9-16-10-12(15)14-6-2-4-8-18-14/h1-8,16-17,19H,9-10H2. The van der Waals surface area contributed by atoms with E-state index in [-0.39, 0.29) is 0 Å². The second-order valence-corrected chi connectivity index (χ2v) is 4.40. The first kappa shape index (κ1) is 11.7. The van der Waals surface area contributed by atoms with Crippen molar-refractivity contribution in [3.05, 3.63) is 71.5 Å². The van der Waals surface area contributed by atoms with Gasteiger partial charge in [-0.1, -0.05) is 12.1 Å². The lowest BCUT2D eigenvalue weighted by molar-refractivity contribution is 0.412. The summed E-state index contributed by atoms with van der Waals surface area (Å²) in [5.41, 5.74) is 3.42. The van der Waals surface area contributed by atoms with Gasteiger partial charge in [-0.2, -0.15) is 0 Å². The molecule has 0 aromatic carbocycles. The lowest BCUT2D eigenvalue weighted by Gasteiger charge is -2.22. The summed E-state index contributed by atoms with van der Waals surface area (Å²) < 4.78 is 0. The Morgan fingerprint density at radius 1 is 1.11 bits per heavy atom. The van der Waals surface area contributed by atoms with Gasteiger partial charge in [0, 0.05) is 42.3 Å². The molecule has 0 spiro atoms. The number of hydrogen-bond donors (Lipinski definition) is 3. The molecule has 1 aromatic rings. The van der Waals surface area contributed by atoms with Gasteiger partial charge in [-0.3, -0.25) is 4.98 Å². The third kappa shape index (κ3) is 2.30. The fourth-order valence-electron chi connectivity index (χ4n) is 2.22. The van der Waals surface area contributed by atoms with E-state index in [1.165, 1.54) is 0 Å². The Kier molecular flexibility index (Phi) is 3.16. The van der Waals surface area contributed by atoms with Crippen LogP contribution < -0.4 is 10.6 Å². The molecule has 1 aromatic heterocycles. The highest BCUT2D eigenvalue weighted by Crippen LogP contribution is 2.25. The van der Waals surface area contributed by atoms with Gasteiger partial charge in [0.1, 0.15) is 5.76 Å². The summed E-state index contributed by atoms with van der Waals surface area (Å²) in [6, 6.07) is 5.70. The second kappa shape index (κ2) is 5.12. The zero-order valence-electron chi connectivity index (χ0n) is 10.4. The molecule has 19 heavy (non-hydrogen) atoms. The van der Waals surface area contributed by atoms with Crippen LogP contribution in [0.25, 0.3) is 5.57 Å². The monoisotopic (exact) mass is 253 g/mol. The van der Waals surface area contributed by atoms with Crippen molar-refractivity contribution < 1.29 is 5.11 Å². The van der Waals surface area contributed by atoms with E-state index in [1.54, 1.807) is 6.20 Å². The maximum Gasteiger partial charge on any atom is 0.128 e. The van der Waals surface area contributed by atoms with Crippen LogP contribution in [0.3, 0.4) is 0 Å². The second-order valence-electron chi connectivity index (χ2n) is 4.40. The highest BCUT2D eigenvalue weighted by Gasteiger charge is 2.21. The van der Waals surface area contributed by atoms with E-state index in [4.69, 9.17) is 0 Å². The SMILES string of the molecule is OC1=C(c2ccccn2)CNCC1=C1C=CC=CN1. The van der Waals surface area contributed by atoms with Crippen molar-refractivity contribution >= 4 is 5.57 Å². The molecule has 0 radical (unpaired) electrons. The first-order valence-electron chi connectivity index (χ1n) is 6.24. The Morgan fingerprint density at radius 2 is 2.00 bits per heavy atom. The minimum atomic E-state index is 0.319. The van der Waals surface area contributed by atoms with E-state index in [1.807, 2.05) is 42.6 Å². The van der Waals surface area contributed by atoms with Gasteiger partial charge in [-0.05, 0) is 24.3 Å². The molecule has 0 fully saturated rings. The molecular formula is C15H15N3O. The van der Waals surface area contributed by atoms with Crippen LogP contribution in [-0.2, 0) is 0 Å². The van der Waals surface area contributed by atoms with Crippen LogP contribution in [-0.4, -0.2) is 23.2 Å². The van der Waals surface area contributed by atoms with E-state index < -0.39 is 0 Å². The molecule has 0 saturated heterocycles. The zero-order valence-corrected chi connectivity index (χ0v) is 10.4. The van der Waals surface area contributed by atoms with Crippen LogP contribution in [0.1, 0.15) is 5.69 Å². The topological polar surface area (TPSA) is 57.2 Å². The predicted molar refractivity (Wildman–Crippen MR) is 75.1 cm³/mol. The highest BCUT2D eigenvalue weighted by molar-refractivity contribution is 5.71. The van der Waals surface area contributed by atoms with Gasteiger partial charge in [0.2, 0.25) is 0 Å². The molecule has 0 saturated carbocycles. The minimum Gasteiger partial charge on any atom is -0.507 e. The summed E-state index contributed by atoms with van der Waals surface area (Å²) in [4.78, 5) is 4.30. The maximum absolute atomic E-state index is 10.5. The van der Waals surface area contributed by atoms with Crippen LogP contribution in [0.15, 0.2) is 65.9 Å². The van der Waals surface area contributed by atoms with Crippen LogP contribution >= 0.6 is 0 Å². The molecule has 4 nitrogen and oxygen atoms in total. The van der Waals surface area contributed by atoms with Gasteiger partial charge in [0.15, 0.2) is 0 Å². The summed E-state index contributed by atoms with van der Waals surface area (Å²) in [6.07, 6.45) is 9.40. The van der Waals surface area contributed by atoms with Crippen LogP contribution in [0.2, 0.25) is 0 Å². The summed E-state index contributed by atoms with van der Waals surface area (Å²) in [6.45, 7) is 1.27. The number of rotatable bonds is 1. The Morgan fingerprint density at radius 3 is 2.74 bits per heavy atom. The van der Waals surface area contributed by atoms with Gasteiger partial charge in [0.05, 0.1) is 5.69 Å². The van der Waals surface area contributed by atoms with Crippen molar-refractivity contribution in [1.82, 2.24) is 15.6 Å². The fraction of sp³-hybridized carbons (Fsp3) is 0.133. The van der Waals surface area contributed by atoms with Gasteiger partial charge < -0.3 is 15.7 Å². The summed E-state index contributed by atoms with van der Waals surface area (Å²) in [5.74, 6) is 0.319. The summed E-state index contributed by atoms with van der Waals surface area (Å²) >= 11 is 0. The summed E-state index contributed by atoms with van der Waals surface area (Å²) in [7, 11) is 0. The Hall–Kier alpha value is -2.33. The van der Waals surface area contributed by atoms with Gasteiger partial charge >= 0.3 is 0 Å². The number of hydrogen-bond acceptors (Lipinski definition) is 4. The Labute approximate surface area is 111 Å². The van der Waals surface area contributed by atoms with E-state index >= 15 is 0 Å². The van der Waals surface area contributed by atoms with Gasteiger partial charge in [0.25, 0.3) is 0 Å². The number of aromatic nitrogens is 1. The highest BCUT2D eigenvalue weighted by atomic mass is 16.3. The molecule has 0 aliphatic carbocycles. The lowest BCUT2D eigenvalue weighted by Crippen LogP contribution is -2.29. The normalized spacial score (nSPS) is 22.5. The number of allylic oxidation sites excluding steroid dienone is 3. The van der Waals surface area contributed by atoms with E-state index in [9.17, 15) is 5.11 Å². The molecule has 3 heterocycles. The molecule has 96 valence electrons. The quantitative estimate of drug-likeness (QED) is 0.715. The Balaban J connectivity index is 2.05.